The number of rotatable bonds is 2. The van der Waals surface area contributed by atoms with E-state index in [9.17, 15) is 0 Å². The summed E-state index contributed by atoms with van der Waals surface area (Å²) >= 11 is 0. The number of nitrogens with zero attached hydrogens (tertiary/aromatic N) is 5. The SMILES string of the molecule is CC(C)(C)c1cc(C(C)(C)C)[nH]n1.CC(C)(C)c1cc(C(C)(C)C)n(Cn2nc(C(C)(C)C)cc2C(C)(C)C)n1.[Cu+].[O-][Cl+2]([O-])[O-]. The van der Waals surface area contributed by atoms with E-state index in [4.69, 9.17) is 24.2 Å². The van der Waals surface area contributed by atoms with Crippen LogP contribution in [0, 0.1) is 10.8 Å². The summed E-state index contributed by atoms with van der Waals surface area (Å²) < 4.78 is 29.5. The summed E-state index contributed by atoms with van der Waals surface area (Å²) in [4.78, 5) is 0. The molecule has 3 rings (SSSR count). The molecule has 0 unspecified atom stereocenters. The number of aromatic amines is 1. The Hall–Kier alpha value is -1.68. The number of H-pyrrole nitrogens is 1. The van der Waals surface area contributed by atoms with Crippen molar-refractivity contribution in [3.8, 4) is 0 Å². The molecule has 0 aliphatic rings. The summed E-state index contributed by atoms with van der Waals surface area (Å²) in [6.07, 6.45) is 0. The van der Waals surface area contributed by atoms with Crippen molar-refractivity contribution in [3.63, 3.8) is 0 Å². The third-order valence-corrected chi connectivity index (χ3v) is 7.06. The molecule has 0 atom stereocenters. The Morgan fingerprint density at radius 1 is 0.533 bits per heavy atom. The maximum absolute atomic E-state index is 8.41. The Bertz CT molecular complexity index is 1230. The van der Waals surface area contributed by atoms with Crippen molar-refractivity contribution in [3.05, 3.63) is 52.4 Å². The normalized spacial score (nSPS) is 13.1. The summed E-state index contributed by atoms with van der Waals surface area (Å²) in [5, 5.41) is 17.4. The van der Waals surface area contributed by atoms with Crippen molar-refractivity contribution in [2.24, 2.45) is 0 Å². The molecule has 0 bridgehead atoms. The molecule has 0 saturated carbocycles. The molecule has 3 heterocycles. The fraction of sp³-hybridized carbons (Fsp3) is 0.735. The van der Waals surface area contributed by atoms with Crippen molar-refractivity contribution in [2.75, 3.05) is 0 Å². The van der Waals surface area contributed by atoms with E-state index in [0.29, 0.717) is 6.67 Å². The first-order chi connectivity index (χ1) is 19.3. The van der Waals surface area contributed by atoms with Crippen molar-refractivity contribution in [1.82, 2.24) is 29.8 Å². The molecule has 3 aromatic rings. The minimum absolute atomic E-state index is 0. The van der Waals surface area contributed by atoms with E-state index in [1.165, 1.54) is 17.1 Å². The zero-order chi connectivity index (χ0) is 34.9. The maximum Gasteiger partial charge on any atom is 1.00 e. The van der Waals surface area contributed by atoms with Gasteiger partial charge in [-0.3, -0.25) is 5.10 Å². The van der Waals surface area contributed by atoms with Crippen LogP contribution in [0.5, 0.6) is 0 Å². The predicted octanol–water partition coefficient (Wildman–Crippen LogP) is 5.21. The van der Waals surface area contributed by atoms with Crippen LogP contribution in [0.25, 0.3) is 0 Å². The molecule has 3 aromatic heterocycles. The maximum atomic E-state index is 8.41. The van der Waals surface area contributed by atoms with Gasteiger partial charge in [0.25, 0.3) is 0 Å². The fourth-order valence-electron chi connectivity index (χ4n) is 4.21. The summed E-state index contributed by atoms with van der Waals surface area (Å²) in [7, 11) is -2.85. The Morgan fingerprint density at radius 2 is 0.844 bits per heavy atom. The number of hydrogen-bond donors (Lipinski definition) is 1. The van der Waals surface area contributed by atoms with Crippen molar-refractivity contribution < 1.29 is 41.8 Å². The molecule has 0 amide bonds. The van der Waals surface area contributed by atoms with Gasteiger partial charge in [-0.05, 0) is 18.2 Å². The Kier molecular flexibility index (Phi) is 14.5. The number of hydrogen-bond acceptors (Lipinski definition) is 6. The summed E-state index contributed by atoms with van der Waals surface area (Å²) in [5.74, 6) is 0. The third kappa shape index (κ3) is 13.5. The van der Waals surface area contributed by atoms with E-state index in [1.54, 1.807) is 0 Å². The molecule has 11 heteroatoms. The topological polar surface area (TPSA) is 134 Å². The van der Waals surface area contributed by atoms with Crippen molar-refractivity contribution in [2.45, 2.75) is 164 Å². The van der Waals surface area contributed by atoms with Crippen LogP contribution >= 0.6 is 0 Å². The zero-order valence-corrected chi connectivity index (χ0v) is 32.8. The van der Waals surface area contributed by atoms with Gasteiger partial charge in [-0.25, -0.2) is 9.36 Å². The van der Waals surface area contributed by atoms with Gasteiger partial charge >= 0.3 is 17.1 Å². The van der Waals surface area contributed by atoms with Gasteiger partial charge in [0.15, 0.2) is 0 Å². The van der Waals surface area contributed by atoms with Gasteiger partial charge in [0.05, 0.1) is 27.9 Å². The molecule has 45 heavy (non-hydrogen) atoms. The molecule has 262 valence electrons. The zero-order valence-electron chi connectivity index (χ0n) is 31.1. The second-order valence-electron chi connectivity index (χ2n) is 17.8. The summed E-state index contributed by atoms with van der Waals surface area (Å²) in [5.41, 5.74) is 7.51. The van der Waals surface area contributed by atoms with E-state index in [0.717, 1.165) is 17.1 Å². The van der Waals surface area contributed by atoms with Crippen LogP contribution in [0.1, 0.15) is 159 Å². The molecule has 0 spiro atoms. The van der Waals surface area contributed by atoms with E-state index in [1.807, 2.05) is 0 Å². The van der Waals surface area contributed by atoms with E-state index < -0.39 is 10.8 Å². The number of nitrogens with one attached hydrogen (secondary N) is 1. The van der Waals surface area contributed by atoms with Crippen molar-refractivity contribution >= 4 is 0 Å². The van der Waals surface area contributed by atoms with Gasteiger partial charge in [-0.2, -0.15) is 15.3 Å². The quantitative estimate of drug-likeness (QED) is 0.365. The van der Waals surface area contributed by atoms with Crippen LogP contribution in [0.2, 0.25) is 0 Å². The van der Waals surface area contributed by atoms with E-state index >= 15 is 0 Å². The minimum Gasteiger partial charge on any atom is -0.357 e. The first-order valence-corrected chi connectivity index (χ1v) is 16.2. The standard InChI is InChI=1S/C23H40N4.C11H20N2.ClO3.Cu/c1-20(2,3)16-13-18(22(7,8)9)26(24-16)15-27-19(23(10,11)12)14-17(25-27)21(4,5)6;1-10(2,3)8-7-9(13-12-8)11(4,5)6;2-1(3)4;/h13-14H,15H2,1-12H3;7H,1-6H3,(H,12,13);;/q;;-1;+1. The molecule has 9 nitrogen and oxygen atoms in total. The van der Waals surface area contributed by atoms with Crippen LogP contribution in [0.4, 0.5) is 0 Å². The molecule has 0 aliphatic carbocycles. The predicted molar refractivity (Wildman–Crippen MR) is 171 cm³/mol. The monoisotopic (exact) mass is 698 g/mol. The van der Waals surface area contributed by atoms with Crippen LogP contribution in [-0.2, 0) is 56.2 Å². The number of aromatic nitrogens is 6. The Balaban J connectivity index is 0.000000895. The average molecular weight is 700 g/mol. The Morgan fingerprint density at radius 3 is 1.04 bits per heavy atom. The van der Waals surface area contributed by atoms with Gasteiger partial charge in [-0.15, -0.1) is 0 Å². The molecular formula is C34H60ClCuN6O3. The first-order valence-electron chi connectivity index (χ1n) is 15.3. The van der Waals surface area contributed by atoms with Crippen LogP contribution in [0.3, 0.4) is 0 Å². The minimum atomic E-state index is -2.85. The van der Waals surface area contributed by atoms with Gasteiger partial charge < -0.3 is 14.0 Å². The second kappa shape index (κ2) is 15.0. The average Bonchev–Trinajstić information content (AvgIpc) is 3.49. The molecule has 0 aromatic carbocycles. The van der Waals surface area contributed by atoms with E-state index in [-0.39, 0.29) is 49.6 Å². The van der Waals surface area contributed by atoms with Gasteiger partial charge in [-0.1, -0.05) is 125 Å². The largest absolute Gasteiger partial charge is 1.00 e. The molecular weight excluding hydrogens is 639 g/mol. The fourth-order valence-corrected chi connectivity index (χ4v) is 4.21. The van der Waals surface area contributed by atoms with Crippen molar-refractivity contribution in [1.29, 1.82) is 0 Å². The van der Waals surface area contributed by atoms with Crippen LogP contribution in [0.15, 0.2) is 18.2 Å². The second-order valence-corrected chi connectivity index (χ2v) is 18.2. The summed E-state index contributed by atoms with van der Waals surface area (Å²) in [6, 6.07) is 6.70. The smallest absolute Gasteiger partial charge is 0.357 e. The van der Waals surface area contributed by atoms with E-state index in [2.05, 4.69) is 162 Å². The molecule has 0 saturated heterocycles. The van der Waals surface area contributed by atoms with Gasteiger partial charge in [0.1, 0.15) is 6.67 Å². The first kappa shape index (κ1) is 43.3. The number of halogens is 1. The molecule has 0 radical (unpaired) electrons. The van der Waals surface area contributed by atoms with Gasteiger partial charge in [0.2, 0.25) is 0 Å². The van der Waals surface area contributed by atoms with Crippen LogP contribution < -0.4 is 14.0 Å². The Labute approximate surface area is 286 Å². The summed E-state index contributed by atoms with van der Waals surface area (Å²) in [6.45, 7) is 40.6. The molecule has 0 fully saturated rings. The van der Waals surface area contributed by atoms with Crippen LogP contribution in [-0.4, -0.2) is 29.8 Å². The molecule has 0 aliphatic heterocycles. The third-order valence-electron chi connectivity index (χ3n) is 7.06. The van der Waals surface area contributed by atoms with Gasteiger partial charge in [0, 0.05) is 49.6 Å². The molecule has 1 N–H and O–H groups in total.